The van der Waals surface area contributed by atoms with Crippen LogP contribution in [0.3, 0.4) is 0 Å². The number of aliphatic hydroxyl groups is 1. The molecule has 1 aliphatic heterocycles. The number of aromatic nitrogens is 1. The van der Waals surface area contributed by atoms with Gasteiger partial charge in [-0.2, -0.15) is 0 Å². The van der Waals surface area contributed by atoms with Crippen LogP contribution in [0.2, 0.25) is 0 Å². The molecule has 2 aromatic rings. The van der Waals surface area contributed by atoms with Gasteiger partial charge in [0.25, 0.3) is 5.91 Å². The Hall–Kier alpha value is -1.85. The van der Waals surface area contributed by atoms with E-state index in [0.717, 1.165) is 17.9 Å². The van der Waals surface area contributed by atoms with Gasteiger partial charge in [0.1, 0.15) is 0 Å². The van der Waals surface area contributed by atoms with Crippen molar-refractivity contribution in [1.82, 2.24) is 9.88 Å². The van der Waals surface area contributed by atoms with Gasteiger partial charge in [-0.05, 0) is 30.5 Å². The molecule has 0 unspecified atom stereocenters. The van der Waals surface area contributed by atoms with Crippen LogP contribution in [0.15, 0.2) is 59.8 Å². The minimum Gasteiger partial charge on any atom is -0.378 e. The fourth-order valence-corrected chi connectivity index (χ4v) is 3.80. The van der Waals surface area contributed by atoms with Crippen molar-refractivity contribution in [3.63, 3.8) is 0 Å². The van der Waals surface area contributed by atoms with E-state index in [4.69, 9.17) is 0 Å². The van der Waals surface area contributed by atoms with Gasteiger partial charge in [0.15, 0.2) is 6.10 Å². The average molecular weight is 328 g/mol. The lowest BCUT2D eigenvalue weighted by molar-refractivity contribution is -0.141. The Bertz CT molecular complexity index is 628. The van der Waals surface area contributed by atoms with Crippen LogP contribution in [-0.2, 0) is 4.79 Å². The topological polar surface area (TPSA) is 53.4 Å². The predicted molar refractivity (Wildman–Crippen MR) is 91.1 cm³/mol. The van der Waals surface area contributed by atoms with E-state index >= 15 is 0 Å². The number of hydrogen-bond donors (Lipinski definition) is 1. The van der Waals surface area contributed by atoms with Crippen molar-refractivity contribution in [3.8, 4) is 0 Å². The molecule has 1 aliphatic rings. The van der Waals surface area contributed by atoms with Crippen LogP contribution in [0.4, 0.5) is 0 Å². The van der Waals surface area contributed by atoms with Gasteiger partial charge in [0.05, 0.1) is 5.03 Å². The zero-order valence-corrected chi connectivity index (χ0v) is 13.7. The van der Waals surface area contributed by atoms with Crippen LogP contribution < -0.4 is 0 Å². The molecule has 0 spiro atoms. The molecule has 5 heteroatoms. The molecule has 1 aromatic carbocycles. The summed E-state index contributed by atoms with van der Waals surface area (Å²) in [5.74, 6) is -0.197. The summed E-state index contributed by atoms with van der Waals surface area (Å²) in [4.78, 5) is 18.5. The van der Waals surface area contributed by atoms with Gasteiger partial charge in [0, 0.05) is 24.5 Å². The lowest BCUT2D eigenvalue weighted by Gasteiger charge is -2.32. The van der Waals surface area contributed by atoms with Crippen LogP contribution in [-0.4, -0.2) is 39.2 Å². The number of benzene rings is 1. The molecule has 1 aromatic heterocycles. The third kappa shape index (κ3) is 4.12. The van der Waals surface area contributed by atoms with Gasteiger partial charge in [-0.3, -0.25) is 4.79 Å². The van der Waals surface area contributed by atoms with Crippen molar-refractivity contribution in [1.29, 1.82) is 0 Å². The van der Waals surface area contributed by atoms with Gasteiger partial charge in [-0.1, -0.05) is 36.4 Å². The number of carbonyl (C=O) groups is 1. The van der Waals surface area contributed by atoms with E-state index in [1.807, 2.05) is 36.4 Å². The second kappa shape index (κ2) is 7.62. The standard InChI is InChI=1S/C18H20N2O2S/c21-17(14-6-2-1-3-7-14)18(22)20-12-9-15(10-13-20)23-16-8-4-5-11-19-16/h1-8,11,15,17,21H,9-10,12-13H2/t17-/m1/s1. The Morgan fingerprint density at radius 2 is 1.83 bits per heavy atom. The summed E-state index contributed by atoms with van der Waals surface area (Å²) in [7, 11) is 0. The highest BCUT2D eigenvalue weighted by Crippen LogP contribution is 2.29. The fourth-order valence-electron chi connectivity index (χ4n) is 2.73. The first-order valence-corrected chi connectivity index (χ1v) is 8.71. The molecular weight excluding hydrogens is 308 g/mol. The third-order valence-electron chi connectivity index (χ3n) is 4.03. The van der Waals surface area contributed by atoms with E-state index in [0.29, 0.717) is 23.9 Å². The largest absolute Gasteiger partial charge is 0.378 e. The van der Waals surface area contributed by atoms with Crippen LogP contribution >= 0.6 is 11.8 Å². The number of aliphatic hydroxyl groups excluding tert-OH is 1. The molecule has 1 atom stereocenters. The number of thioether (sulfide) groups is 1. The molecule has 0 aliphatic carbocycles. The minimum atomic E-state index is -1.06. The number of nitrogens with zero attached hydrogens (tertiary/aromatic N) is 2. The molecule has 120 valence electrons. The van der Waals surface area contributed by atoms with E-state index in [9.17, 15) is 9.90 Å². The van der Waals surface area contributed by atoms with E-state index in [1.54, 1.807) is 35.0 Å². The smallest absolute Gasteiger partial charge is 0.256 e. The molecule has 4 nitrogen and oxygen atoms in total. The molecular formula is C18H20N2O2S. The Labute approximate surface area is 140 Å². The van der Waals surface area contributed by atoms with Gasteiger partial charge in [-0.25, -0.2) is 4.98 Å². The summed E-state index contributed by atoms with van der Waals surface area (Å²) in [6.07, 6.45) is 2.59. The van der Waals surface area contributed by atoms with E-state index in [2.05, 4.69) is 4.98 Å². The first-order chi connectivity index (χ1) is 11.2. The Morgan fingerprint density at radius 1 is 1.13 bits per heavy atom. The van der Waals surface area contributed by atoms with Crippen molar-refractivity contribution < 1.29 is 9.90 Å². The molecule has 0 saturated carbocycles. The summed E-state index contributed by atoms with van der Waals surface area (Å²) < 4.78 is 0. The number of hydrogen-bond acceptors (Lipinski definition) is 4. The number of pyridine rings is 1. The number of likely N-dealkylation sites (tertiary alicyclic amines) is 1. The predicted octanol–water partition coefficient (Wildman–Crippen LogP) is 2.90. The Kier molecular flexibility index (Phi) is 5.31. The van der Waals surface area contributed by atoms with Crippen molar-refractivity contribution in [2.45, 2.75) is 29.2 Å². The summed E-state index contributed by atoms with van der Waals surface area (Å²) >= 11 is 1.77. The van der Waals surface area contributed by atoms with E-state index in [1.165, 1.54) is 0 Å². The fraction of sp³-hybridized carbons (Fsp3) is 0.333. The second-order valence-corrected chi connectivity index (χ2v) is 6.94. The lowest BCUT2D eigenvalue weighted by atomic mass is 10.1. The Morgan fingerprint density at radius 3 is 2.48 bits per heavy atom. The number of carbonyl (C=O) groups excluding carboxylic acids is 1. The highest BCUT2D eigenvalue weighted by molar-refractivity contribution is 7.99. The maximum atomic E-state index is 12.4. The highest BCUT2D eigenvalue weighted by atomic mass is 32.2. The molecule has 0 radical (unpaired) electrons. The molecule has 1 N–H and O–H groups in total. The summed E-state index contributed by atoms with van der Waals surface area (Å²) in [5, 5.41) is 11.7. The van der Waals surface area contributed by atoms with Crippen molar-refractivity contribution in [2.75, 3.05) is 13.1 Å². The second-order valence-electron chi connectivity index (χ2n) is 5.62. The van der Waals surface area contributed by atoms with Gasteiger partial charge >= 0.3 is 0 Å². The van der Waals surface area contributed by atoms with Crippen LogP contribution in [0.25, 0.3) is 0 Å². The highest BCUT2D eigenvalue weighted by Gasteiger charge is 2.28. The van der Waals surface area contributed by atoms with E-state index in [-0.39, 0.29) is 5.91 Å². The first kappa shape index (κ1) is 16.0. The quantitative estimate of drug-likeness (QED) is 0.938. The molecule has 0 bridgehead atoms. The normalized spacial score (nSPS) is 17.0. The monoisotopic (exact) mass is 328 g/mol. The molecule has 3 rings (SSSR count). The summed E-state index contributed by atoms with van der Waals surface area (Å²) in [5.41, 5.74) is 0.655. The van der Waals surface area contributed by atoms with Gasteiger partial charge < -0.3 is 10.0 Å². The van der Waals surface area contributed by atoms with Crippen molar-refractivity contribution in [2.24, 2.45) is 0 Å². The first-order valence-electron chi connectivity index (χ1n) is 7.83. The third-order valence-corrected chi connectivity index (χ3v) is 5.32. The van der Waals surface area contributed by atoms with Crippen molar-refractivity contribution in [3.05, 3.63) is 60.3 Å². The number of piperidine rings is 1. The summed E-state index contributed by atoms with van der Waals surface area (Å²) in [6, 6.07) is 15.0. The van der Waals surface area contributed by atoms with Gasteiger partial charge in [-0.15, -0.1) is 11.8 Å². The van der Waals surface area contributed by atoms with E-state index < -0.39 is 6.10 Å². The average Bonchev–Trinajstić information content (AvgIpc) is 2.63. The molecule has 1 saturated heterocycles. The van der Waals surface area contributed by atoms with Gasteiger partial charge in [0.2, 0.25) is 0 Å². The minimum absolute atomic E-state index is 0.197. The zero-order chi connectivity index (χ0) is 16.1. The number of amides is 1. The molecule has 23 heavy (non-hydrogen) atoms. The summed E-state index contributed by atoms with van der Waals surface area (Å²) in [6.45, 7) is 1.38. The van der Waals surface area contributed by atoms with Crippen molar-refractivity contribution >= 4 is 17.7 Å². The molecule has 1 amide bonds. The Balaban J connectivity index is 1.53. The maximum Gasteiger partial charge on any atom is 0.256 e. The van der Waals surface area contributed by atoms with Crippen LogP contribution in [0, 0.1) is 0 Å². The maximum absolute atomic E-state index is 12.4. The molecule has 1 fully saturated rings. The van der Waals surface area contributed by atoms with Crippen LogP contribution in [0.5, 0.6) is 0 Å². The SMILES string of the molecule is O=C([C@H](O)c1ccccc1)N1CCC(Sc2ccccn2)CC1. The molecule has 2 heterocycles. The lowest BCUT2D eigenvalue weighted by Crippen LogP contribution is -2.41. The van der Waals surface area contributed by atoms with Crippen LogP contribution in [0.1, 0.15) is 24.5 Å². The number of rotatable bonds is 4. The zero-order valence-electron chi connectivity index (χ0n) is 12.8.